The van der Waals surface area contributed by atoms with Crippen LogP contribution in [-0.4, -0.2) is 45.9 Å². The van der Waals surface area contributed by atoms with Gasteiger partial charge in [-0.25, -0.2) is 9.59 Å². The van der Waals surface area contributed by atoms with Gasteiger partial charge in [0, 0.05) is 6.42 Å². The molecule has 0 aromatic heterocycles. The Balaban J connectivity index is 2.13. The van der Waals surface area contributed by atoms with Crippen LogP contribution in [0.4, 0.5) is 4.79 Å². The van der Waals surface area contributed by atoms with Crippen LogP contribution >= 0.6 is 0 Å². The summed E-state index contributed by atoms with van der Waals surface area (Å²) in [5.41, 5.74) is -0.961. The number of amides is 1. The number of likely N-dealkylation sites (tertiary alicyclic amines) is 1. The minimum absolute atomic E-state index is 0.210. The van der Waals surface area contributed by atoms with Crippen molar-refractivity contribution in [3.63, 3.8) is 0 Å². The molecule has 0 radical (unpaired) electrons. The highest BCUT2D eigenvalue weighted by Crippen LogP contribution is 2.36. The number of benzene rings is 1. The Kier molecular flexibility index (Phi) is 5.72. The molecule has 1 saturated heterocycles. The van der Waals surface area contributed by atoms with Gasteiger partial charge in [0.1, 0.15) is 11.1 Å². The van der Waals surface area contributed by atoms with Crippen molar-refractivity contribution in [1.82, 2.24) is 4.90 Å². The molecule has 1 aliphatic rings. The first kappa shape index (κ1) is 19.2. The summed E-state index contributed by atoms with van der Waals surface area (Å²) < 4.78 is 11.3. The van der Waals surface area contributed by atoms with E-state index in [1.807, 2.05) is 30.3 Å². The molecule has 6 nitrogen and oxygen atoms in total. The normalized spacial score (nSPS) is 23.5. The molecule has 1 aliphatic heterocycles. The van der Waals surface area contributed by atoms with Crippen molar-refractivity contribution in [3.05, 3.63) is 35.9 Å². The summed E-state index contributed by atoms with van der Waals surface area (Å²) in [5, 5.41) is 9.78. The molecule has 2 atom stereocenters. The topological polar surface area (TPSA) is 76.1 Å². The Labute approximate surface area is 148 Å². The monoisotopic (exact) mass is 349 g/mol. The van der Waals surface area contributed by atoms with Gasteiger partial charge >= 0.3 is 12.1 Å². The van der Waals surface area contributed by atoms with Gasteiger partial charge in [0.15, 0.2) is 0 Å². The lowest BCUT2D eigenvalue weighted by atomic mass is 9.92. The second kappa shape index (κ2) is 7.44. The molecule has 2 rings (SSSR count). The highest BCUT2D eigenvalue weighted by Gasteiger charge is 2.54. The Morgan fingerprint density at radius 2 is 1.92 bits per heavy atom. The zero-order chi connectivity index (χ0) is 18.7. The van der Waals surface area contributed by atoms with Gasteiger partial charge in [-0.15, -0.1) is 0 Å². The SMILES string of the molecule is CCC1(C(=O)O)CC(OCc2ccccc2)CN1C(=O)OC(C)(C)C. The maximum Gasteiger partial charge on any atom is 0.411 e. The van der Waals surface area contributed by atoms with Crippen LogP contribution in [0.3, 0.4) is 0 Å². The summed E-state index contributed by atoms with van der Waals surface area (Å²) in [7, 11) is 0. The van der Waals surface area contributed by atoms with E-state index in [9.17, 15) is 14.7 Å². The standard InChI is InChI=1S/C19H27NO5/c1-5-19(16(21)22)11-15(24-13-14-9-7-6-8-10-14)12-20(19)17(23)25-18(2,3)4/h6-10,15H,5,11-13H2,1-4H3,(H,21,22). The molecule has 2 unspecified atom stereocenters. The number of nitrogens with zero attached hydrogens (tertiary/aromatic N) is 1. The number of carboxylic acids is 1. The van der Waals surface area contributed by atoms with Crippen LogP contribution in [0.2, 0.25) is 0 Å². The maximum absolute atomic E-state index is 12.5. The number of aliphatic carboxylic acids is 1. The van der Waals surface area contributed by atoms with Crippen LogP contribution in [0.25, 0.3) is 0 Å². The predicted molar refractivity (Wildman–Crippen MR) is 93.2 cm³/mol. The fourth-order valence-corrected chi connectivity index (χ4v) is 3.09. The van der Waals surface area contributed by atoms with E-state index in [2.05, 4.69) is 0 Å². The molecule has 6 heteroatoms. The van der Waals surface area contributed by atoms with Gasteiger partial charge in [-0.3, -0.25) is 4.90 Å². The molecule has 0 saturated carbocycles. The maximum atomic E-state index is 12.5. The van der Waals surface area contributed by atoms with E-state index in [4.69, 9.17) is 9.47 Å². The second-order valence-electron chi connectivity index (χ2n) is 7.40. The summed E-state index contributed by atoms with van der Waals surface area (Å²) in [5.74, 6) is -1.02. The van der Waals surface area contributed by atoms with Gasteiger partial charge < -0.3 is 14.6 Å². The number of hydrogen-bond acceptors (Lipinski definition) is 4. The molecule has 1 aromatic rings. The van der Waals surface area contributed by atoms with Gasteiger partial charge in [-0.1, -0.05) is 37.3 Å². The van der Waals surface area contributed by atoms with Crippen molar-refractivity contribution in [1.29, 1.82) is 0 Å². The molecule has 0 spiro atoms. The van der Waals surface area contributed by atoms with Crippen molar-refractivity contribution in [3.8, 4) is 0 Å². The fraction of sp³-hybridized carbons (Fsp3) is 0.579. The van der Waals surface area contributed by atoms with Crippen LogP contribution in [0.1, 0.15) is 46.1 Å². The number of hydrogen-bond donors (Lipinski definition) is 1. The van der Waals surface area contributed by atoms with Gasteiger partial charge in [-0.2, -0.15) is 0 Å². The Morgan fingerprint density at radius 1 is 1.28 bits per heavy atom. The third kappa shape index (κ3) is 4.51. The number of rotatable bonds is 5. The van der Waals surface area contributed by atoms with Gasteiger partial charge in [-0.05, 0) is 32.8 Å². The number of carbonyl (C=O) groups excluding carboxylic acids is 1. The average Bonchev–Trinajstić information content (AvgIpc) is 2.93. The van der Waals surface area contributed by atoms with E-state index in [-0.39, 0.29) is 19.1 Å². The first-order valence-corrected chi connectivity index (χ1v) is 8.57. The van der Waals surface area contributed by atoms with E-state index < -0.39 is 23.2 Å². The minimum atomic E-state index is -1.29. The summed E-state index contributed by atoms with van der Waals surface area (Å²) in [4.78, 5) is 25.8. The van der Waals surface area contributed by atoms with Crippen LogP contribution in [0.5, 0.6) is 0 Å². The van der Waals surface area contributed by atoms with Crippen LogP contribution in [-0.2, 0) is 20.9 Å². The van der Waals surface area contributed by atoms with Crippen LogP contribution < -0.4 is 0 Å². The molecular formula is C19H27NO5. The lowest BCUT2D eigenvalue weighted by Crippen LogP contribution is -2.53. The molecular weight excluding hydrogens is 322 g/mol. The summed E-state index contributed by atoms with van der Waals surface area (Å²) in [6, 6.07) is 9.67. The van der Waals surface area contributed by atoms with Crippen molar-refractivity contribution >= 4 is 12.1 Å². The lowest BCUT2D eigenvalue weighted by Gasteiger charge is -2.34. The van der Waals surface area contributed by atoms with Gasteiger partial charge in [0.05, 0.1) is 19.3 Å². The smallest absolute Gasteiger partial charge is 0.411 e. The fourth-order valence-electron chi connectivity index (χ4n) is 3.09. The third-order valence-electron chi connectivity index (χ3n) is 4.39. The van der Waals surface area contributed by atoms with E-state index in [1.165, 1.54) is 4.90 Å². The molecule has 0 aliphatic carbocycles. The first-order chi connectivity index (χ1) is 11.7. The molecule has 138 valence electrons. The van der Waals surface area contributed by atoms with Crippen molar-refractivity contribution in [2.24, 2.45) is 0 Å². The van der Waals surface area contributed by atoms with Crippen molar-refractivity contribution in [2.75, 3.05) is 6.54 Å². The Morgan fingerprint density at radius 3 is 2.44 bits per heavy atom. The lowest BCUT2D eigenvalue weighted by molar-refractivity contribution is -0.149. The van der Waals surface area contributed by atoms with Crippen molar-refractivity contribution in [2.45, 2.75) is 64.4 Å². The molecule has 1 N–H and O–H groups in total. The van der Waals surface area contributed by atoms with E-state index in [0.29, 0.717) is 13.0 Å². The molecule has 0 bridgehead atoms. The molecule has 1 amide bonds. The largest absolute Gasteiger partial charge is 0.479 e. The van der Waals surface area contributed by atoms with Crippen LogP contribution in [0, 0.1) is 0 Å². The number of carboxylic acid groups (broad SMARTS) is 1. The Hall–Kier alpha value is -2.08. The van der Waals surface area contributed by atoms with Crippen LogP contribution in [0.15, 0.2) is 30.3 Å². The highest BCUT2D eigenvalue weighted by molar-refractivity contribution is 5.85. The Bertz CT molecular complexity index is 610. The predicted octanol–water partition coefficient (Wildman–Crippen LogP) is 3.45. The molecule has 1 fully saturated rings. The molecule has 1 heterocycles. The third-order valence-corrected chi connectivity index (χ3v) is 4.39. The number of carbonyl (C=O) groups is 2. The number of ether oxygens (including phenoxy) is 2. The first-order valence-electron chi connectivity index (χ1n) is 8.57. The quantitative estimate of drug-likeness (QED) is 0.881. The van der Waals surface area contributed by atoms with Crippen molar-refractivity contribution < 1.29 is 24.2 Å². The average molecular weight is 349 g/mol. The zero-order valence-electron chi connectivity index (χ0n) is 15.3. The highest BCUT2D eigenvalue weighted by atomic mass is 16.6. The summed E-state index contributed by atoms with van der Waals surface area (Å²) in [6.45, 7) is 7.65. The summed E-state index contributed by atoms with van der Waals surface area (Å²) >= 11 is 0. The van der Waals surface area contributed by atoms with E-state index in [1.54, 1.807) is 27.7 Å². The molecule has 25 heavy (non-hydrogen) atoms. The summed E-state index contributed by atoms with van der Waals surface area (Å²) in [6.07, 6.45) is -0.399. The minimum Gasteiger partial charge on any atom is -0.479 e. The zero-order valence-corrected chi connectivity index (χ0v) is 15.3. The van der Waals surface area contributed by atoms with E-state index >= 15 is 0 Å². The molecule has 1 aromatic carbocycles. The second-order valence-corrected chi connectivity index (χ2v) is 7.40. The van der Waals surface area contributed by atoms with E-state index in [0.717, 1.165) is 5.56 Å². The van der Waals surface area contributed by atoms with Gasteiger partial charge in [0.25, 0.3) is 0 Å². The van der Waals surface area contributed by atoms with Gasteiger partial charge in [0.2, 0.25) is 0 Å².